The van der Waals surface area contributed by atoms with Crippen LogP contribution in [0.4, 0.5) is 4.79 Å². The highest BCUT2D eigenvalue weighted by Crippen LogP contribution is 2.35. The van der Waals surface area contributed by atoms with E-state index in [0.29, 0.717) is 34.5 Å². The molecule has 2 aromatic heterocycles. The summed E-state index contributed by atoms with van der Waals surface area (Å²) in [5.74, 6) is -0.312. The molecule has 1 aliphatic rings. The number of aromatic nitrogens is 3. The standard InChI is InChI=1S/C26H24N6O5/c1-3-27-22(33)21-12-28-20(11-29-21)15-4-7-17(8-5-15)26(24(35)30-25(36)31-26)14-32-13-16-6-9-18(37-2)10-19(16)23(32)34/h4-13,34H,3,14H2,1-2H3,(H,27,33)(H2,30,31,35,36)/t26-/m0/s1. The first-order valence-corrected chi connectivity index (χ1v) is 11.5. The van der Waals surface area contributed by atoms with E-state index < -0.39 is 17.5 Å². The van der Waals surface area contributed by atoms with Crippen molar-refractivity contribution in [3.05, 3.63) is 72.3 Å². The van der Waals surface area contributed by atoms with E-state index in [1.165, 1.54) is 24.1 Å². The molecule has 0 aliphatic carbocycles. The average molecular weight is 501 g/mol. The highest BCUT2D eigenvalue weighted by Gasteiger charge is 2.48. The van der Waals surface area contributed by atoms with Crippen molar-refractivity contribution in [3.63, 3.8) is 0 Å². The fourth-order valence-corrected chi connectivity index (χ4v) is 4.40. The Bertz CT molecular complexity index is 1510. The highest BCUT2D eigenvalue weighted by molar-refractivity contribution is 6.07. The highest BCUT2D eigenvalue weighted by atomic mass is 16.5. The molecule has 11 nitrogen and oxygen atoms in total. The largest absolute Gasteiger partial charge is 0.497 e. The first-order chi connectivity index (χ1) is 17.8. The van der Waals surface area contributed by atoms with Gasteiger partial charge in [-0.25, -0.2) is 9.78 Å². The summed E-state index contributed by atoms with van der Waals surface area (Å²) in [7, 11) is 1.54. The van der Waals surface area contributed by atoms with Gasteiger partial charge in [-0.1, -0.05) is 24.3 Å². The van der Waals surface area contributed by atoms with Gasteiger partial charge in [0.2, 0.25) is 0 Å². The molecule has 3 heterocycles. The van der Waals surface area contributed by atoms with Crippen LogP contribution < -0.4 is 20.7 Å². The third kappa shape index (κ3) is 4.20. The number of nitrogens with one attached hydrogen (secondary N) is 3. The van der Waals surface area contributed by atoms with Crippen LogP contribution in [0.1, 0.15) is 23.0 Å². The van der Waals surface area contributed by atoms with Gasteiger partial charge in [0.15, 0.2) is 11.4 Å². The molecule has 0 radical (unpaired) electrons. The number of benzene rings is 2. The third-order valence-electron chi connectivity index (χ3n) is 6.31. The van der Waals surface area contributed by atoms with Crippen molar-refractivity contribution in [2.24, 2.45) is 0 Å². The zero-order valence-electron chi connectivity index (χ0n) is 20.1. The number of carbonyl (C=O) groups excluding carboxylic acids is 3. The van der Waals surface area contributed by atoms with Crippen LogP contribution in [-0.2, 0) is 16.9 Å². The molecule has 2 aromatic carbocycles. The number of nitrogens with zero attached hydrogens (tertiary/aromatic N) is 3. The second-order valence-electron chi connectivity index (χ2n) is 8.57. The van der Waals surface area contributed by atoms with Gasteiger partial charge in [0.05, 0.1) is 31.7 Å². The van der Waals surface area contributed by atoms with E-state index >= 15 is 0 Å². The number of hydrogen-bond acceptors (Lipinski definition) is 7. The van der Waals surface area contributed by atoms with Gasteiger partial charge in [-0.15, -0.1) is 0 Å². The number of fused-ring (bicyclic) bond motifs is 1. The fourth-order valence-electron chi connectivity index (χ4n) is 4.40. The van der Waals surface area contributed by atoms with Crippen molar-refractivity contribution in [2.75, 3.05) is 13.7 Å². The molecule has 5 rings (SSSR count). The van der Waals surface area contributed by atoms with Crippen molar-refractivity contribution in [1.29, 1.82) is 0 Å². The monoisotopic (exact) mass is 500 g/mol. The van der Waals surface area contributed by atoms with Gasteiger partial charge in [-0.05, 0) is 30.7 Å². The van der Waals surface area contributed by atoms with Gasteiger partial charge in [0.25, 0.3) is 11.8 Å². The van der Waals surface area contributed by atoms with Gasteiger partial charge in [0.1, 0.15) is 11.4 Å². The van der Waals surface area contributed by atoms with Gasteiger partial charge in [-0.3, -0.25) is 19.9 Å². The molecule has 11 heteroatoms. The predicted octanol–water partition coefficient (Wildman–Crippen LogP) is 2.30. The van der Waals surface area contributed by atoms with Crippen LogP contribution in [0.2, 0.25) is 0 Å². The lowest BCUT2D eigenvalue weighted by atomic mass is 9.89. The first-order valence-electron chi connectivity index (χ1n) is 11.5. The van der Waals surface area contributed by atoms with Crippen LogP contribution in [0.15, 0.2) is 61.1 Å². The van der Waals surface area contributed by atoms with Crippen molar-refractivity contribution in [3.8, 4) is 22.9 Å². The smallest absolute Gasteiger partial charge is 0.322 e. The number of carbonyl (C=O) groups is 3. The molecule has 0 bridgehead atoms. The second-order valence-corrected chi connectivity index (χ2v) is 8.57. The topological polar surface area (TPSA) is 147 Å². The second kappa shape index (κ2) is 9.26. The molecule has 1 fully saturated rings. The predicted molar refractivity (Wildman–Crippen MR) is 134 cm³/mol. The molecule has 4 N–H and O–H groups in total. The Balaban J connectivity index is 1.48. The lowest BCUT2D eigenvalue weighted by Gasteiger charge is -2.27. The van der Waals surface area contributed by atoms with Crippen LogP contribution >= 0.6 is 0 Å². The molecule has 1 saturated heterocycles. The molecule has 1 aliphatic heterocycles. The Kier molecular flexibility index (Phi) is 5.96. The zero-order chi connectivity index (χ0) is 26.2. The minimum Gasteiger partial charge on any atom is -0.497 e. The maximum Gasteiger partial charge on any atom is 0.322 e. The number of imide groups is 1. The Morgan fingerprint density at radius 2 is 1.92 bits per heavy atom. The average Bonchev–Trinajstić information content (AvgIpc) is 3.38. The molecule has 0 saturated carbocycles. The van der Waals surface area contributed by atoms with E-state index in [2.05, 4.69) is 25.9 Å². The number of hydrogen-bond donors (Lipinski definition) is 4. The van der Waals surface area contributed by atoms with Gasteiger partial charge in [0, 0.05) is 29.1 Å². The summed E-state index contributed by atoms with van der Waals surface area (Å²) < 4.78 is 6.77. The molecule has 0 spiro atoms. The number of urea groups is 1. The summed E-state index contributed by atoms with van der Waals surface area (Å²) in [5, 5.41) is 19.9. The number of aromatic hydroxyl groups is 1. The van der Waals surface area contributed by atoms with E-state index in [1.54, 1.807) is 48.7 Å². The Morgan fingerprint density at radius 1 is 1.14 bits per heavy atom. The van der Waals surface area contributed by atoms with Crippen LogP contribution in [0.25, 0.3) is 22.0 Å². The molecule has 1 atom stereocenters. The molecule has 188 valence electrons. The number of amides is 4. The van der Waals surface area contributed by atoms with E-state index in [-0.39, 0.29) is 24.0 Å². The third-order valence-corrected chi connectivity index (χ3v) is 6.31. The molecule has 0 unspecified atom stereocenters. The van der Waals surface area contributed by atoms with Crippen LogP contribution in [-0.4, -0.2) is 51.1 Å². The Hall–Kier alpha value is -4.93. The first kappa shape index (κ1) is 23.8. The quantitative estimate of drug-likeness (QED) is 0.285. The summed E-state index contributed by atoms with van der Waals surface area (Å²) in [4.78, 5) is 45.7. The zero-order valence-corrected chi connectivity index (χ0v) is 20.1. The van der Waals surface area contributed by atoms with Crippen LogP contribution in [0, 0.1) is 0 Å². The van der Waals surface area contributed by atoms with Crippen LogP contribution in [0.3, 0.4) is 0 Å². The summed E-state index contributed by atoms with van der Waals surface area (Å²) in [6.07, 6.45) is 4.61. The number of rotatable bonds is 7. The molecule has 37 heavy (non-hydrogen) atoms. The van der Waals surface area contributed by atoms with Gasteiger partial charge < -0.3 is 25.0 Å². The summed E-state index contributed by atoms with van der Waals surface area (Å²) in [5.41, 5.74) is 0.515. The molecule has 4 amide bonds. The van der Waals surface area contributed by atoms with Crippen LogP contribution in [0.5, 0.6) is 11.6 Å². The minimum atomic E-state index is -1.46. The SMILES string of the molecule is CCNC(=O)c1cnc(-c2ccc([C@]3(Cn4cc5ccc(OC)cc5c4O)NC(=O)NC3=O)cc2)cn1. The van der Waals surface area contributed by atoms with E-state index in [9.17, 15) is 19.5 Å². The Morgan fingerprint density at radius 3 is 2.54 bits per heavy atom. The summed E-state index contributed by atoms with van der Waals surface area (Å²) >= 11 is 0. The van der Waals surface area contributed by atoms with Crippen molar-refractivity contribution in [2.45, 2.75) is 19.0 Å². The summed E-state index contributed by atoms with van der Waals surface area (Å²) in [6.45, 7) is 2.26. The maximum absolute atomic E-state index is 13.1. The van der Waals surface area contributed by atoms with Crippen molar-refractivity contribution < 1.29 is 24.2 Å². The molecule has 4 aromatic rings. The number of methoxy groups -OCH3 is 1. The fraction of sp³-hybridized carbons (Fsp3) is 0.192. The Labute approximate surface area is 211 Å². The maximum atomic E-state index is 13.1. The van der Waals surface area contributed by atoms with E-state index in [4.69, 9.17) is 4.74 Å². The van der Waals surface area contributed by atoms with Gasteiger partial charge in [-0.2, -0.15) is 0 Å². The lowest BCUT2D eigenvalue weighted by molar-refractivity contribution is -0.124. The molecular weight excluding hydrogens is 476 g/mol. The van der Waals surface area contributed by atoms with Gasteiger partial charge >= 0.3 is 6.03 Å². The van der Waals surface area contributed by atoms with Crippen molar-refractivity contribution >= 4 is 28.6 Å². The summed E-state index contributed by atoms with van der Waals surface area (Å²) in [6, 6.07) is 11.6. The van der Waals surface area contributed by atoms with Crippen molar-refractivity contribution in [1.82, 2.24) is 30.5 Å². The van der Waals surface area contributed by atoms with E-state index in [0.717, 1.165) is 5.39 Å². The normalized spacial score (nSPS) is 16.9. The minimum absolute atomic E-state index is 0.0478. The van der Waals surface area contributed by atoms with E-state index in [1.807, 2.05) is 6.92 Å². The number of ether oxygens (including phenoxy) is 1. The molecular formula is C26H24N6O5. The lowest BCUT2D eigenvalue weighted by Crippen LogP contribution is -2.47.